The van der Waals surface area contributed by atoms with Crippen molar-refractivity contribution >= 4 is 28.9 Å². The number of carbonyl (C=O) groups is 1. The number of aromatic nitrogens is 2. The van der Waals surface area contributed by atoms with Crippen LogP contribution in [0.5, 0.6) is 5.75 Å². The van der Waals surface area contributed by atoms with E-state index < -0.39 is 4.92 Å². The number of amides is 1. The number of methoxy groups -OCH3 is 1. The van der Waals surface area contributed by atoms with Gasteiger partial charge in [-0.25, -0.2) is 0 Å². The first kappa shape index (κ1) is 20.3. The Bertz CT molecular complexity index is 1020. The maximum Gasteiger partial charge on any atom is 0.271 e. The summed E-state index contributed by atoms with van der Waals surface area (Å²) in [6.07, 6.45) is 1.05. The number of nitrogens with zero attached hydrogens (tertiary/aromatic N) is 3. The molecule has 0 aliphatic carbocycles. The number of nitro benzene ring substituents is 1. The lowest BCUT2D eigenvalue weighted by molar-refractivity contribution is -0.384. The van der Waals surface area contributed by atoms with Gasteiger partial charge in [-0.3, -0.25) is 14.9 Å². The van der Waals surface area contributed by atoms with Gasteiger partial charge in [0, 0.05) is 35.6 Å². The number of non-ortho nitro benzene ring substituents is 1. The molecule has 0 aliphatic rings. The van der Waals surface area contributed by atoms with Crippen molar-refractivity contribution in [2.75, 3.05) is 12.4 Å². The van der Waals surface area contributed by atoms with E-state index in [0.29, 0.717) is 35.3 Å². The van der Waals surface area contributed by atoms with E-state index in [1.165, 1.54) is 25.3 Å². The maximum absolute atomic E-state index is 12.2. The zero-order valence-electron chi connectivity index (χ0n) is 15.4. The van der Waals surface area contributed by atoms with Gasteiger partial charge in [-0.05, 0) is 36.8 Å². The molecule has 0 spiro atoms. The van der Waals surface area contributed by atoms with Gasteiger partial charge in [0.2, 0.25) is 17.6 Å². The monoisotopic (exact) mass is 416 g/mol. The first-order valence-corrected chi connectivity index (χ1v) is 9.05. The van der Waals surface area contributed by atoms with Crippen LogP contribution in [0.25, 0.3) is 11.4 Å². The Morgan fingerprint density at radius 1 is 1.28 bits per heavy atom. The van der Waals surface area contributed by atoms with E-state index in [0.717, 1.165) is 5.56 Å². The summed E-state index contributed by atoms with van der Waals surface area (Å²) in [6.45, 7) is 0. The molecule has 3 aromatic rings. The smallest absolute Gasteiger partial charge is 0.271 e. The van der Waals surface area contributed by atoms with Crippen LogP contribution in [0.15, 0.2) is 47.0 Å². The predicted molar refractivity (Wildman–Crippen MR) is 106 cm³/mol. The number of rotatable bonds is 8. The van der Waals surface area contributed by atoms with Crippen LogP contribution in [0.1, 0.15) is 18.7 Å². The fraction of sp³-hybridized carbons (Fsp3) is 0.211. The highest BCUT2D eigenvalue weighted by Crippen LogP contribution is 2.29. The molecule has 0 unspecified atom stereocenters. The largest absolute Gasteiger partial charge is 0.495 e. The minimum atomic E-state index is -0.539. The van der Waals surface area contributed by atoms with Gasteiger partial charge in [-0.2, -0.15) is 4.98 Å². The second-order valence-electron chi connectivity index (χ2n) is 6.06. The van der Waals surface area contributed by atoms with Crippen LogP contribution in [-0.4, -0.2) is 28.1 Å². The van der Waals surface area contributed by atoms with Crippen LogP contribution in [0.3, 0.4) is 0 Å². The van der Waals surface area contributed by atoms with Gasteiger partial charge in [-0.1, -0.05) is 16.8 Å². The van der Waals surface area contributed by atoms with Gasteiger partial charge in [0.1, 0.15) is 5.75 Å². The topological polar surface area (TPSA) is 120 Å². The Hall–Kier alpha value is -3.46. The molecule has 1 N–H and O–H groups in total. The van der Waals surface area contributed by atoms with E-state index in [4.69, 9.17) is 20.9 Å². The maximum atomic E-state index is 12.2. The van der Waals surface area contributed by atoms with E-state index in [2.05, 4.69) is 15.5 Å². The summed E-state index contributed by atoms with van der Waals surface area (Å²) in [6, 6.07) is 11.0. The number of nitrogens with one attached hydrogen (secondary N) is 1. The van der Waals surface area contributed by atoms with Gasteiger partial charge in [0.15, 0.2) is 0 Å². The first-order valence-electron chi connectivity index (χ1n) is 8.67. The number of benzene rings is 2. The minimum absolute atomic E-state index is 0.137. The van der Waals surface area contributed by atoms with Crippen molar-refractivity contribution in [3.8, 4) is 17.1 Å². The average Bonchev–Trinajstić information content (AvgIpc) is 3.17. The van der Waals surface area contributed by atoms with E-state index in [1.54, 1.807) is 24.3 Å². The van der Waals surface area contributed by atoms with Crippen LogP contribution in [-0.2, 0) is 11.2 Å². The zero-order valence-corrected chi connectivity index (χ0v) is 16.2. The van der Waals surface area contributed by atoms with Gasteiger partial charge in [0.05, 0.1) is 17.7 Å². The number of anilines is 1. The highest BCUT2D eigenvalue weighted by molar-refractivity contribution is 6.30. The normalized spacial score (nSPS) is 10.6. The quantitative estimate of drug-likeness (QED) is 0.430. The Kier molecular flexibility index (Phi) is 6.40. The molecule has 0 atom stereocenters. The molecule has 150 valence electrons. The number of hydrogen-bond donors (Lipinski definition) is 1. The standard InChI is InChI=1S/C19H17ClN4O5/c1-28-16-10-9-14(24(26)27)11-15(16)21-17(25)3-2-4-18-22-19(23-29-18)12-5-7-13(20)8-6-12/h5-11H,2-4H2,1H3,(H,21,25). The third kappa shape index (κ3) is 5.29. The van der Waals surface area contributed by atoms with E-state index in [9.17, 15) is 14.9 Å². The number of nitro groups is 1. The van der Waals surface area contributed by atoms with E-state index >= 15 is 0 Å². The third-order valence-electron chi connectivity index (χ3n) is 4.03. The number of carbonyl (C=O) groups excluding carboxylic acids is 1. The van der Waals surface area contributed by atoms with Crippen molar-refractivity contribution in [1.29, 1.82) is 0 Å². The number of hydrogen-bond acceptors (Lipinski definition) is 7. The Morgan fingerprint density at radius 3 is 2.72 bits per heavy atom. The van der Waals surface area contributed by atoms with Crippen molar-refractivity contribution < 1.29 is 19.0 Å². The van der Waals surface area contributed by atoms with Crippen LogP contribution in [0.4, 0.5) is 11.4 Å². The zero-order chi connectivity index (χ0) is 20.8. The summed E-state index contributed by atoms with van der Waals surface area (Å²) in [5, 5.41) is 18.1. The third-order valence-corrected chi connectivity index (χ3v) is 4.28. The second-order valence-corrected chi connectivity index (χ2v) is 6.50. The molecular formula is C19H17ClN4O5. The first-order chi connectivity index (χ1) is 14.0. The van der Waals surface area contributed by atoms with E-state index in [1.807, 2.05) is 0 Å². The molecule has 0 bridgehead atoms. The molecule has 3 rings (SSSR count). The van der Waals surface area contributed by atoms with Crippen molar-refractivity contribution in [3.05, 3.63) is 63.5 Å². The van der Waals surface area contributed by atoms with Gasteiger partial charge in [0.25, 0.3) is 5.69 Å². The van der Waals surface area contributed by atoms with Crippen molar-refractivity contribution in [2.24, 2.45) is 0 Å². The molecule has 29 heavy (non-hydrogen) atoms. The van der Waals surface area contributed by atoms with Crippen molar-refractivity contribution in [1.82, 2.24) is 10.1 Å². The molecular weight excluding hydrogens is 400 g/mol. The Labute approximate surface area is 170 Å². The van der Waals surface area contributed by atoms with Crippen LogP contribution < -0.4 is 10.1 Å². The Morgan fingerprint density at radius 2 is 2.03 bits per heavy atom. The summed E-state index contributed by atoms with van der Waals surface area (Å²) in [4.78, 5) is 26.9. The molecule has 10 heteroatoms. The molecule has 9 nitrogen and oxygen atoms in total. The van der Waals surface area contributed by atoms with Gasteiger partial charge < -0.3 is 14.6 Å². The van der Waals surface area contributed by atoms with Crippen molar-refractivity contribution in [2.45, 2.75) is 19.3 Å². The number of ether oxygens (including phenoxy) is 1. The highest BCUT2D eigenvalue weighted by atomic mass is 35.5. The fourth-order valence-corrected chi connectivity index (χ4v) is 2.72. The molecule has 0 fully saturated rings. The summed E-state index contributed by atoms with van der Waals surface area (Å²) in [7, 11) is 1.42. The summed E-state index contributed by atoms with van der Waals surface area (Å²) in [5.74, 6) is 0.896. The molecule has 0 radical (unpaired) electrons. The number of halogens is 1. The molecule has 2 aromatic carbocycles. The fourth-order valence-electron chi connectivity index (χ4n) is 2.59. The summed E-state index contributed by atoms with van der Waals surface area (Å²) >= 11 is 5.86. The second kappa shape index (κ2) is 9.16. The van der Waals surface area contributed by atoms with Crippen LogP contribution in [0, 0.1) is 10.1 Å². The van der Waals surface area contributed by atoms with Gasteiger partial charge in [-0.15, -0.1) is 0 Å². The molecule has 1 heterocycles. The minimum Gasteiger partial charge on any atom is -0.495 e. The lowest BCUT2D eigenvalue weighted by atomic mass is 10.2. The SMILES string of the molecule is COc1ccc([N+](=O)[O-])cc1NC(=O)CCCc1nc(-c2ccc(Cl)cc2)no1. The predicted octanol–water partition coefficient (Wildman–Crippen LogP) is 4.27. The lowest BCUT2D eigenvalue weighted by Crippen LogP contribution is -2.12. The van der Waals surface area contributed by atoms with Crippen molar-refractivity contribution in [3.63, 3.8) is 0 Å². The molecule has 1 aromatic heterocycles. The summed E-state index contributed by atoms with van der Waals surface area (Å²) < 4.78 is 10.3. The molecule has 0 saturated heterocycles. The molecule has 0 aliphatic heterocycles. The Balaban J connectivity index is 1.55. The van der Waals surface area contributed by atoms with Crippen LogP contribution >= 0.6 is 11.6 Å². The highest BCUT2D eigenvalue weighted by Gasteiger charge is 2.14. The van der Waals surface area contributed by atoms with Crippen LogP contribution in [0.2, 0.25) is 5.02 Å². The number of aryl methyl sites for hydroxylation is 1. The lowest BCUT2D eigenvalue weighted by Gasteiger charge is -2.09. The summed E-state index contributed by atoms with van der Waals surface area (Å²) in [5.41, 5.74) is 0.885. The molecule has 1 amide bonds. The van der Waals surface area contributed by atoms with E-state index in [-0.39, 0.29) is 23.7 Å². The molecule has 0 saturated carbocycles. The average molecular weight is 417 g/mol. The van der Waals surface area contributed by atoms with Gasteiger partial charge >= 0.3 is 0 Å².